The van der Waals surface area contributed by atoms with Gasteiger partial charge in [-0.15, -0.1) is 0 Å². The first-order valence-electron chi connectivity index (χ1n) is 17.1. The first kappa shape index (κ1) is 35.6. The van der Waals surface area contributed by atoms with Crippen LogP contribution < -0.4 is 0 Å². The maximum absolute atomic E-state index is 13.8. The van der Waals surface area contributed by atoms with Crippen LogP contribution in [-0.2, 0) is 27.0 Å². The molecule has 4 aromatic rings. The molecule has 1 fully saturated rings. The average molecular weight is 696 g/mol. The van der Waals surface area contributed by atoms with Crippen molar-refractivity contribution >= 4 is 17.8 Å². The summed E-state index contributed by atoms with van der Waals surface area (Å²) in [7, 11) is 0. The Bertz CT molecular complexity index is 1850. The van der Waals surface area contributed by atoms with E-state index in [1.54, 1.807) is 32.0 Å². The molecule has 0 aliphatic carbocycles. The monoisotopic (exact) mass is 695 g/mol. The van der Waals surface area contributed by atoms with Crippen LogP contribution in [0.15, 0.2) is 120 Å². The van der Waals surface area contributed by atoms with E-state index in [1.165, 1.54) is 28.2 Å². The van der Waals surface area contributed by atoms with Gasteiger partial charge in [0, 0.05) is 49.8 Å². The van der Waals surface area contributed by atoms with Crippen LogP contribution in [0.4, 0.5) is 13.2 Å². The first-order valence-corrected chi connectivity index (χ1v) is 17.1. The lowest BCUT2D eigenvalue weighted by atomic mass is 9.83. The molecule has 0 unspecified atom stereocenters. The summed E-state index contributed by atoms with van der Waals surface area (Å²) in [5.41, 5.74) is 3.81. The maximum atomic E-state index is 13.8. The molecule has 0 bridgehead atoms. The molecule has 6 rings (SSSR count). The number of piperazine rings is 1. The van der Waals surface area contributed by atoms with Crippen LogP contribution >= 0.6 is 0 Å². The molecule has 0 N–H and O–H groups in total. The van der Waals surface area contributed by atoms with Crippen molar-refractivity contribution in [3.63, 3.8) is 0 Å². The zero-order chi connectivity index (χ0) is 36.1. The first-order chi connectivity index (χ1) is 24.5. The Morgan fingerprint density at radius 2 is 1.43 bits per heavy atom. The summed E-state index contributed by atoms with van der Waals surface area (Å²) in [4.78, 5) is 46.3. The Hall–Kier alpha value is -5.22. The molecule has 0 radical (unpaired) electrons. The Kier molecular flexibility index (Phi) is 10.7. The highest BCUT2D eigenvalue weighted by molar-refractivity contribution is 5.96. The molecule has 10 heteroatoms. The van der Waals surface area contributed by atoms with E-state index in [9.17, 15) is 27.6 Å². The van der Waals surface area contributed by atoms with Gasteiger partial charge in [-0.1, -0.05) is 84.9 Å². The number of hydrogen-bond acceptors (Lipinski definition) is 5. The van der Waals surface area contributed by atoms with E-state index in [2.05, 4.69) is 29.2 Å². The van der Waals surface area contributed by atoms with Crippen LogP contribution in [0.1, 0.15) is 70.4 Å². The van der Waals surface area contributed by atoms with Crippen molar-refractivity contribution in [1.29, 1.82) is 0 Å². The van der Waals surface area contributed by atoms with Gasteiger partial charge in [-0.25, -0.2) is 4.79 Å². The standard InChI is InChI=1S/C41H40F3N3O4/c1-3-51-40(50)37-28(2)47(36(48)26-35(37)30-17-19-34(20-18-30)41(42,43)44)27-29-11-10-16-33(25-29)39(49)46-23-21-45(22-24-46)38(31-12-6-4-7-13-31)32-14-8-5-9-15-32/h4-20,25,35,38H,3,21-24,26-27H2,1-2H3/t35-/m0/s1. The van der Waals surface area contributed by atoms with E-state index in [0.717, 1.165) is 12.1 Å². The van der Waals surface area contributed by atoms with Crippen molar-refractivity contribution in [3.8, 4) is 0 Å². The zero-order valence-corrected chi connectivity index (χ0v) is 28.6. The van der Waals surface area contributed by atoms with Gasteiger partial charge < -0.3 is 14.5 Å². The quantitative estimate of drug-likeness (QED) is 0.169. The smallest absolute Gasteiger partial charge is 0.416 e. The molecular weight excluding hydrogens is 655 g/mol. The lowest BCUT2D eigenvalue weighted by Crippen LogP contribution is -2.49. The van der Waals surface area contributed by atoms with Crippen LogP contribution in [0.25, 0.3) is 0 Å². The maximum Gasteiger partial charge on any atom is 0.416 e. The van der Waals surface area contributed by atoms with E-state index in [4.69, 9.17) is 4.74 Å². The fraction of sp³-hybridized carbons (Fsp3) is 0.293. The topological polar surface area (TPSA) is 70.2 Å². The number of halogens is 3. The third kappa shape index (κ3) is 7.91. The minimum absolute atomic E-state index is 0.0738. The third-order valence-electron chi connectivity index (χ3n) is 9.67. The van der Waals surface area contributed by atoms with Crippen molar-refractivity contribution in [2.75, 3.05) is 32.8 Å². The molecule has 51 heavy (non-hydrogen) atoms. The van der Waals surface area contributed by atoms with Crippen molar-refractivity contribution in [2.24, 2.45) is 0 Å². The summed E-state index contributed by atoms with van der Waals surface area (Å²) in [6.45, 7) is 6.03. The van der Waals surface area contributed by atoms with Gasteiger partial charge in [-0.2, -0.15) is 13.2 Å². The number of amides is 2. The molecule has 2 heterocycles. The molecule has 2 amide bonds. The van der Waals surface area contributed by atoms with Gasteiger partial charge in [0.05, 0.1) is 30.3 Å². The minimum Gasteiger partial charge on any atom is -0.463 e. The molecular formula is C41H40F3N3O4. The highest BCUT2D eigenvalue weighted by Crippen LogP contribution is 2.39. The number of alkyl halides is 3. The van der Waals surface area contributed by atoms with Crippen molar-refractivity contribution < 1.29 is 32.3 Å². The third-order valence-corrected chi connectivity index (χ3v) is 9.67. The number of carbonyl (C=O) groups is 3. The van der Waals surface area contributed by atoms with Gasteiger partial charge in [0.2, 0.25) is 5.91 Å². The van der Waals surface area contributed by atoms with E-state index in [-0.39, 0.29) is 43.0 Å². The SMILES string of the molecule is CCOC(=O)C1=C(C)N(Cc2cccc(C(=O)N3CCN(C(c4ccccc4)c4ccccc4)CC3)c2)C(=O)C[C@H]1c1ccc(C(F)(F)F)cc1. The predicted octanol–water partition coefficient (Wildman–Crippen LogP) is 7.61. The van der Waals surface area contributed by atoms with Crippen molar-refractivity contribution in [3.05, 3.63) is 154 Å². The van der Waals surface area contributed by atoms with Gasteiger partial charge in [0.15, 0.2) is 0 Å². The fourth-order valence-corrected chi connectivity index (χ4v) is 7.10. The van der Waals surface area contributed by atoms with Gasteiger partial charge in [0.25, 0.3) is 5.91 Å². The lowest BCUT2D eigenvalue weighted by molar-refractivity contribution is -0.140. The Labute approximate surface area is 295 Å². The highest BCUT2D eigenvalue weighted by atomic mass is 19.4. The molecule has 2 aliphatic rings. The number of esters is 1. The second-order valence-electron chi connectivity index (χ2n) is 12.8. The van der Waals surface area contributed by atoms with Crippen molar-refractivity contribution in [2.45, 2.75) is 44.9 Å². The Morgan fingerprint density at radius 3 is 2.00 bits per heavy atom. The van der Waals surface area contributed by atoms with Crippen molar-refractivity contribution in [1.82, 2.24) is 14.7 Å². The second-order valence-corrected chi connectivity index (χ2v) is 12.8. The predicted molar refractivity (Wildman–Crippen MR) is 187 cm³/mol. The zero-order valence-electron chi connectivity index (χ0n) is 28.6. The summed E-state index contributed by atoms with van der Waals surface area (Å²) >= 11 is 0. The Balaban J connectivity index is 1.18. The van der Waals surface area contributed by atoms with E-state index < -0.39 is 23.6 Å². The molecule has 4 aromatic carbocycles. The van der Waals surface area contributed by atoms with Crippen LogP contribution in [-0.4, -0.2) is 65.3 Å². The summed E-state index contributed by atoms with van der Waals surface area (Å²) in [5.74, 6) is -1.77. The molecule has 2 aliphatic heterocycles. The second kappa shape index (κ2) is 15.3. The number of rotatable bonds is 9. The number of ether oxygens (including phenoxy) is 1. The average Bonchev–Trinajstić information content (AvgIpc) is 3.14. The molecule has 7 nitrogen and oxygen atoms in total. The molecule has 0 saturated carbocycles. The van der Waals surface area contributed by atoms with Crippen LogP contribution in [0.2, 0.25) is 0 Å². The molecule has 0 spiro atoms. The van der Waals surface area contributed by atoms with Gasteiger partial charge in [-0.3, -0.25) is 14.5 Å². The van der Waals surface area contributed by atoms with Crippen LogP contribution in [0.5, 0.6) is 0 Å². The number of carbonyl (C=O) groups excluding carboxylic acids is 3. The Morgan fingerprint density at radius 1 is 0.824 bits per heavy atom. The normalized spacial score (nSPS) is 17.2. The van der Waals surface area contributed by atoms with Crippen LogP contribution in [0, 0.1) is 0 Å². The number of allylic oxidation sites excluding steroid dienone is 1. The van der Waals surface area contributed by atoms with Crippen LogP contribution in [0.3, 0.4) is 0 Å². The summed E-state index contributed by atoms with van der Waals surface area (Å²) in [5, 5.41) is 0. The van der Waals surface area contributed by atoms with Gasteiger partial charge in [0.1, 0.15) is 0 Å². The molecule has 264 valence electrons. The fourth-order valence-electron chi connectivity index (χ4n) is 7.10. The number of nitrogens with zero attached hydrogens (tertiary/aromatic N) is 3. The van der Waals surface area contributed by atoms with E-state index in [0.29, 0.717) is 48.6 Å². The van der Waals surface area contributed by atoms with Gasteiger partial charge >= 0.3 is 12.1 Å². The minimum atomic E-state index is -4.51. The molecule has 0 aromatic heterocycles. The number of benzene rings is 4. The molecule has 1 atom stereocenters. The summed E-state index contributed by atoms with van der Waals surface area (Å²) < 4.78 is 45.0. The van der Waals surface area contributed by atoms with E-state index >= 15 is 0 Å². The summed E-state index contributed by atoms with van der Waals surface area (Å²) in [6.07, 6.45) is -4.63. The van der Waals surface area contributed by atoms with E-state index in [1.807, 2.05) is 47.4 Å². The molecule has 1 saturated heterocycles. The number of hydrogen-bond donors (Lipinski definition) is 0. The lowest BCUT2D eigenvalue weighted by Gasteiger charge is -2.40. The van der Waals surface area contributed by atoms with Gasteiger partial charge in [-0.05, 0) is 60.4 Å². The largest absolute Gasteiger partial charge is 0.463 e. The summed E-state index contributed by atoms with van der Waals surface area (Å²) in [6, 6.07) is 32.5. The highest BCUT2D eigenvalue weighted by Gasteiger charge is 2.38.